The number of halogens is 6. The maximum Gasteiger partial charge on any atom is 0.417 e. The largest absolute Gasteiger partial charge is 0.417 e. The Balaban J connectivity index is 1.47. The van der Waals surface area contributed by atoms with Crippen LogP contribution in [-0.2, 0) is 17.8 Å². The third-order valence-electron chi connectivity index (χ3n) is 9.68. The molecule has 55 heavy (non-hydrogen) atoms. The van der Waals surface area contributed by atoms with Gasteiger partial charge >= 0.3 is 12.4 Å². The summed E-state index contributed by atoms with van der Waals surface area (Å²) in [7, 11) is 0. The topological polar surface area (TPSA) is 43.6 Å². The second-order valence-electron chi connectivity index (χ2n) is 14.4. The zero-order valence-electron chi connectivity index (χ0n) is 29.8. The normalized spacial score (nSPS) is 12.5. The first-order chi connectivity index (χ1) is 26.2. The van der Waals surface area contributed by atoms with Crippen LogP contribution >= 0.6 is 0 Å². The van der Waals surface area contributed by atoms with Gasteiger partial charge in [0.05, 0.1) is 27.8 Å². The minimum absolute atomic E-state index is 0.0673. The van der Waals surface area contributed by atoms with Crippen molar-refractivity contribution in [1.82, 2.24) is 19.5 Å². The molecule has 0 aliphatic rings. The van der Waals surface area contributed by atoms with E-state index in [2.05, 4.69) is 26.8 Å². The molecule has 4 nitrogen and oxygen atoms in total. The van der Waals surface area contributed by atoms with E-state index >= 15 is 0 Å². The molecule has 8 rings (SSSR count). The highest BCUT2D eigenvalue weighted by molar-refractivity contribution is 6.10. The molecule has 0 N–H and O–H groups in total. The Morgan fingerprint density at radius 1 is 0.436 bits per heavy atom. The molecule has 0 spiro atoms. The van der Waals surface area contributed by atoms with Gasteiger partial charge in [-0.2, -0.15) is 26.3 Å². The molecule has 0 amide bonds. The predicted molar refractivity (Wildman–Crippen MR) is 205 cm³/mol. The Kier molecular flexibility index (Phi) is 8.59. The van der Waals surface area contributed by atoms with E-state index in [0.717, 1.165) is 44.6 Å². The van der Waals surface area contributed by atoms with Crippen LogP contribution in [-0.4, -0.2) is 19.5 Å². The molecule has 8 aromatic rings. The van der Waals surface area contributed by atoms with Crippen molar-refractivity contribution in [3.05, 3.63) is 156 Å². The van der Waals surface area contributed by atoms with Gasteiger partial charge in [-0.25, -0.2) is 15.0 Å². The van der Waals surface area contributed by atoms with E-state index in [4.69, 9.17) is 15.0 Å². The number of benzene rings is 6. The van der Waals surface area contributed by atoms with Crippen molar-refractivity contribution in [1.29, 1.82) is 0 Å². The lowest BCUT2D eigenvalue weighted by molar-refractivity contribution is -0.142. The van der Waals surface area contributed by atoms with Gasteiger partial charge in [-0.15, -0.1) is 0 Å². The Bertz CT molecular complexity index is 2650. The summed E-state index contributed by atoms with van der Waals surface area (Å²) in [6, 6.07) is 39.0. The van der Waals surface area contributed by atoms with E-state index in [9.17, 15) is 26.3 Å². The van der Waals surface area contributed by atoms with E-state index in [0.29, 0.717) is 29.0 Å². The average molecular weight is 743 g/mol. The maximum atomic E-state index is 14.6. The van der Waals surface area contributed by atoms with Crippen LogP contribution in [0.3, 0.4) is 0 Å². The van der Waals surface area contributed by atoms with Crippen LogP contribution < -0.4 is 0 Å². The van der Waals surface area contributed by atoms with Crippen molar-refractivity contribution >= 4 is 21.8 Å². The SMILES string of the molecule is CC(C)(C)c1ccc2c(c1)c1ccccc1n2-c1cc(-c2ccc(C(F)(F)F)cc2C(F)(F)F)ccc1-c1nc(-c2ccccc2)nc(-c2ccccc2)n1. The smallest absolute Gasteiger partial charge is 0.308 e. The summed E-state index contributed by atoms with van der Waals surface area (Å²) in [5.74, 6) is 1.03. The molecule has 2 heterocycles. The number of aromatic nitrogens is 4. The Morgan fingerprint density at radius 3 is 1.58 bits per heavy atom. The fourth-order valence-electron chi connectivity index (χ4n) is 6.91. The summed E-state index contributed by atoms with van der Waals surface area (Å²) in [6.07, 6.45) is -10.0. The molecule has 0 fully saturated rings. The molecule has 0 saturated heterocycles. The third-order valence-corrected chi connectivity index (χ3v) is 9.68. The summed E-state index contributed by atoms with van der Waals surface area (Å²) >= 11 is 0. The summed E-state index contributed by atoms with van der Waals surface area (Å²) in [6.45, 7) is 6.35. The van der Waals surface area contributed by atoms with Crippen LogP contribution in [0.5, 0.6) is 0 Å². The second kappa shape index (κ2) is 13.2. The van der Waals surface area contributed by atoms with Gasteiger partial charge in [0.25, 0.3) is 0 Å². The zero-order chi connectivity index (χ0) is 38.7. The van der Waals surface area contributed by atoms with Gasteiger partial charge in [0.15, 0.2) is 17.5 Å². The number of nitrogens with zero attached hydrogens (tertiary/aromatic N) is 4. The fraction of sp³-hybridized carbons (Fsp3) is 0.133. The van der Waals surface area contributed by atoms with Crippen molar-refractivity contribution in [3.63, 3.8) is 0 Å². The van der Waals surface area contributed by atoms with Gasteiger partial charge in [0.2, 0.25) is 0 Å². The van der Waals surface area contributed by atoms with E-state index in [1.165, 1.54) is 6.07 Å². The monoisotopic (exact) mass is 742 g/mol. The number of alkyl halides is 6. The summed E-state index contributed by atoms with van der Waals surface area (Å²) in [5, 5.41) is 1.84. The van der Waals surface area contributed by atoms with E-state index in [-0.39, 0.29) is 22.9 Å². The fourth-order valence-corrected chi connectivity index (χ4v) is 6.91. The highest BCUT2D eigenvalue weighted by atomic mass is 19.4. The molecule has 0 aliphatic carbocycles. The van der Waals surface area contributed by atoms with Crippen molar-refractivity contribution in [3.8, 4) is 51.0 Å². The number of para-hydroxylation sites is 1. The van der Waals surface area contributed by atoms with Crippen molar-refractivity contribution in [2.24, 2.45) is 0 Å². The minimum Gasteiger partial charge on any atom is -0.308 e. The highest BCUT2D eigenvalue weighted by Crippen LogP contribution is 2.44. The molecule has 0 atom stereocenters. The molecule has 0 saturated carbocycles. The van der Waals surface area contributed by atoms with Crippen molar-refractivity contribution < 1.29 is 26.3 Å². The maximum absolute atomic E-state index is 14.6. The molecule has 2 aromatic heterocycles. The lowest BCUT2D eigenvalue weighted by Crippen LogP contribution is -2.12. The van der Waals surface area contributed by atoms with Crippen LogP contribution in [0.4, 0.5) is 26.3 Å². The standard InChI is InChI=1S/C45H32F6N4/c1-43(2,3)30-20-23-38-35(25-30)33-16-10-11-17-37(33)55(38)39-24-29(32-22-19-31(44(46,47)48)26-36(32)45(49,50)51)18-21-34(39)42-53-40(27-12-6-4-7-13-27)52-41(54-42)28-14-8-5-9-15-28/h4-26H,1-3H3. The lowest BCUT2D eigenvalue weighted by Gasteiger charge is -2.20. The number of hydrogen-bond donors (Lipinski definition) is 0. The van der Waals surface area contributed by atoms with Crippen molar-refractivity contribution in [2.75, 3.05) is 0 Å². The average Bonchev–Trinajstić information content (AvgIpc) is 3.50. The first kappa shape index (κ1) is 35.7. The van der Waals surface area contributed by atoms with Gasteiger partial charge < -0.3 is 4.57 Å². The van der Waals surface area contributed by atoms with Crippen LogP contribution in [0.15, 0.2) is 140 Å². The summed E-state index contributed by atoms with van der Waals surface area (Å²) < 4.78 is 86.8. The van der Waals surface area contributed by atoms with Gasteiger partial charge in [0.1, 0.15) is 0 Å². The summed E-state index contributed by atoms with van der Waals surface area (Å²) in [5.41, 5.74) is 1.73. The van der Waals surface area contributed by atoms with Gasteiger partial charge in [0, 0.05) is 27.5 Å². The second-order valence-corrected chi connectivity index (χ2v) is 14.4. The highest BCUT2D eigenvalue weighted by Gasteiger charge is 2.38. The molecule has 0 bridgehead atoms. The van der Waals surface area contributed by atoms with E-state index in [1.54, 1.807) is 12.1 Å². The lowest BCUT2D eigenvalue weighted by atomic mass is 9.86. The molecule has 274 valence electrons. The Labute approximate surface area is 312 Å². The first-order valence-corrected chi connectivity index (χ1v) is 17.5. The van der Waals surface area contributed by atoms with E-state index < -0.39 is 29.0 Å². The van der Waals surface area contributed by atoms with Gasteiger partial charge in [-0.05, 0) is 64.6 Å². The van der Waals surface area contributed by atoms with Gasteiger partial charge in [-0.1, -0.05) is 118 Å². The first-order valence-electron chi connectivity index (χ1n) is 17.5. The molecule has 6 aromatic carbocycles. The Morgan fingerprint density at radius 2 is 0.982 bits per heavy atom. The summed E-state index contributed by atoms with van der Waals surface area (Å²) in [4.78, 5) is 14.7. The molecular formula is C45H32F6N4. The van der Waals surface area contributed by atoms with Crippen molar-refractivity contribution in [2.45, 2.75) is 38.5 Å². The molecule has 10 heteroatoms. The van der Waals surface area contributed by atoms with E-state index in [1.807, 2.05) is 102 Å². The van der Waals surface area contributed by atoms with Crippen LogP contribution in [0.2, 0.25) is 0 Å². The van der Waals surface area contributed by atoms with Crippen LogP contribution in [0.25, 0.3) is 72.8 Å². The molecular weight excluding hydrogens is 711 g/mol. The quantitative estimate of drug-likeness (QED) is 0.165. The molecule has 0 unspecified atom stereocenters. The molecule has 0 aliphatic heterocycles. The number of hydrogen-bond acceptors (Lipinski definition) is 3. The predicted octanol–water partition coefficient (Wildman–Crippen LogP) is 13.0. The van der Waals surface area contributed by atoms with Gasteiger partial charge in [-0.3, -0.25) is 0 Å². The third kappa shape index (κ3) is 6.73. The van der Waals surface area contributed by atoms with Crippen LogP contribution in [0.1, 0.15) is 37.5 Å². The van der Waals surface area contributed by atoms with Crippen LogP contribution in [0, 0.1) is 0 Å². The zero-order valence-corrected chi connectivity index (χ0v) is 29.8. The number of rotatable bonds is 5. The minimum atomic E-state index is -5.07. The molecule has 0 radical (unpaired) electrons. The number of fused-ring (bicyclic) bond motifs is 3. The Hall–Kier alpha value is -6.29.